The van der Waals surface area contributed by atoms with Crippen LogP contribution >= 0.6 is 0 Å². The zero-order chi connectivity index (χ0) is 26.7. The van der Waals surface area contributed by atoms with Crippen molar-refractivity contribution < 1.29 is 29.0 Å². The van der Waals surface area contributed by atoms with Crippen LogP contribution in [-0.2, 0) is 20.7 Å². The van der Waals surface area contributed by atoms with Crippen LogP contribution in [0.1, 0.15) is 60.3 Å². The fourth-order valence-electron chi connectivity index (χ4n) is 5.11. The van der Waals surface area contributed by atoms with Crippen molar-refractivity contribution in [2.75, 3.05) is 33.3 Å². The average Bonchev–Trinajstić information content (AvgIpc) is 3.41. The summed E-state index contributed by atoms with van der Waals surface area (Å²) in [6, 6.07) is 11.1. The molecular formula is C29H34N2O6. The molecule has 37 heavy (non-hydrogen) atoms. The Balaban J connectivity index is 1.74. The maximum Gasteiger partial charge on any atom is 0.337 e. The van der Waals surface area contributed by atoms with Crippen molar-refractivity contribution in [3.05, 3.63) is 70.3 Å². The highest BCUT2D eigenvalue weighted by Gasteiger charge is 2.46. The lowest BCUT2D eigenvalue weighted by molar-refractivity contribution is -0.140. The first-order valence-electron chi connectivity index (χ1n) is 12.8. The van der Waals surface area contributed by atoms with Gasteiger partial charge in [0.15, 0.2) is 0 Å². The first kappa shape index (κ1) is 26.4. The van der Waals surface area contributed by atoms with Gasteiger partial charge in [0.2, 0.25) is 0 Å². The zero-order valence-electron chi connectivity index (χ0n) is 21.8. The van der Waals surface area contributed by atoms with Crippen molar-refractivity contribution in [1.29, 1.82) is 0 Å². The number of aliphatic hydroxyl groups excluding tert-OH is 1. The number of nitrogens with zero attached hydrogens (tertiary/aromatic N) is 2. The van der Waals surface area contributed by atoms with Crippen LogP contribution in [0, 0.1) is 0 Å². The molecule has 2 aromatic carbocycles. The van der Waals surface area contributed by atoms with E-state index in [-0.39, 0.29) is 17.4 Å². The number of esters is 1. The number of carbonyl (C=O) groups is 3. The monoisotopic (exact) mass is 506 g/mol. The Labute approximate surface area is 217 Å². The number of methoxy groups -OCH3 is 1. The molecule has 8 nitrogen and oxygen atoms in total. The molecule has 8 heteroatoms. The molecule has 0 saturated carbocycles. The average molecular weight is 507 g/mol. The molecule has 0 aliphatic carbocycles. The summed E-state index contributed by atoms with van der Waals surface area (Å²) in [7, 11) is 1.31. The van der Waals surface area contributed by atoms with Crippen molar-refractivity contribution in [2.45, 2.75) is 45.8 Å². The van der Waals surface area contributed by atoms with Crippen molar-refractivity contribution in [2.24, 2.45) is 0 Å². The maximum atomic E-state index is 13.3. The highest BCUT2D eigenvalue weighted by atomic mass is 16.5. The lowest BCUT2D eigenvalue weighted by atomic mass is 9.94. The molecule has 2 heterocycles. The highest BCUT2D eigenvalue weighted by molar-refractivity contribution is 6.46. The number of ketones is 1. The molecule has 0 unspecified atom stereocenters. The van der Waals surface area contributed by atoms with Crippen molar-refractivity contribution in [3.8, 4) is 5.75 Å². The van der Waals surface area contributed by atoms with Gasteiger partial charge in [-0.25, -0.2) is 4.79 Å². The molecule has 0 aromatic heterocycles. The summed E-state index contributed by atoms with van der Waals surface area (Å²) in [6.45, 7) is 9.08. The van der Waals surface area contributed by atoms with E-state index in [4.69, 9.17) is 9.47 Å². The first-order valence-corrected chi connectivity index (χ1v) is 12.8. The molecule has 2 aliphatic heterocycles. The lowest BCUT2D eigenvalue weighted by Gasteiger charge is -2.27. The molecule has 1 fully saturated rings. The number of ether oxygens (including phenoxy) is 2. The highest BCUT2D eigenvalue weighted by Crippen LogP contribution is 2.40. The second kappa shape index (κ2) is 11.2. The zero-order valence-corrected chi connectivity index (χ0v) is 21.8. The fraction of sp³-hybridized carbons (Fsp3) is 0.414. The van der Waals surface area contributed by atoms with E-state index in [1.54, 1.807) is 36.4 Å². The van der Waals surface area contributed by atoms with Crippen LogP contribution in [0.2, 0.25) is 0 Å². The number of hydrogen-bond acceptors (Lipinski definition) is 7. The van der Waals surface area contributed by atoms with E-state index < -0.39 is 23.7 Å². The van der Waals surface area contributed by atoms with Crippen molar-refractivity contribution in [3.63, 3.8) is 0 Å². The molecule has 2 aliphatic rings. The molecule has 0 radical (unpaired) electrons. The summed E-state index contributed by atoms with van der Waals surface area (Å²) in [5, 5.41) is 11.4. The van der Waals surface area contributed by atoms with Gasteiger partial charge in [-0.15, -0.1) is 0 Å². The van der Waals surface area contributed by atoms with Gasteiger partial charge in [-0.05, 0) is 74.4 Å². The van der Waals surface area contributed by atoms with E-state index >= 15 is 0 Å². The smallest absolute Gasteiger partial charge is 0.337 e. The minimum absolute atomic E-state index is 0.0390. The van der Waals surface area contributed by atoms with E-state index in [9.17, 15) is 19.5 Å². The number of amides is 1. The summed E-state index contributed by atoms with van der Waals surface area (Å²) in [5.41, 5.74) is 2.45. The second-order valence-corrected chi connectivity index (χ2v) is 9.44. The van der Waals surface area contributed by atoms with E-state index in [0.717, 1.165) is 30.9 Å². The Bertz CT molecular complexity index is 1220. The molecule has 0 spiro atoms. The van der Waals surface area contributed by atoms with Gasteiger partial charge in [-0.1, -0.05) is 26.0 Å². The molecule has 1 saturated heterocycles. The summed E-state index contributed by atoms with van der Waals surface area (Å²) in [4.78, 5) is 42.3. The summed E-state index contributed by atoms with van der Waals surface area (Å²) in [5.74, 6) is -1.28. The van der Waals surface area contributed by atoms with Gasteiger partial charge >= 0.3 is 5.97 Å². The Morgan fingerprint density at radius 3 is 2.43 bits per heavy atom. The number of rotatable bonds is 9. The Morgan fingerprint density at radius 1 is 1.11 bits per heavy atom. The molecule has 2 atom stereocenters. The predicted octanol–water partition coefficient (Wildman–Crippen LogP) is 3.95. The van der Waals surface area contributed by atoms with Gasteiger partial charge in [0.1, 0.15) is 17.6 Å². The van der Waals surface area contributed by atoms with Crippen molar-refractivity contribution >= 4 is 23.4 Å². The van der Waals surface area contributed by atoms with Crippen LogP contribution in [0.4, 0.5) is 0 Å². The van der Waals surface area contributed by atoms with Crippen LogP contribution in [0.3, 0.4) is 0 Å². The van der Waals surface area contributed by atoms with Crippen molar-refractivity contribution in [1.82, 2.24) is 9.80 Å². The van der Waals surface area contributed by atoms with E-state index in [1.165, 1.54) is 12.0 Å². The number of benzene rings is 2. The molecule has 4 rings (SSSR count). The molecule has 0 bridgehead atoms. The Kier molecular flexibility index (Phi) is 7.97. The Morgan fingerprint density at radius 2 is 1.78 bits per heavy atom. The molecule has 1 amide bonds. The standard InChI is InChI=1S/C29H34N2O6/c1-5-30(6-2)14-7-15-31-25(19-8-10-20(11-9-19)29(35)36-4)24(27(33)28(31)34)26(32)21-12-13-23-22(17-21)16-18(3)37-23/h8-13,17-18,25,32H,5-7,14-16H2,1-4H3/b26-24+/t18-,25+/m1/s1. The summed E-state index contributed by atoms with van der Waals surface area (Å²) < 4.78 is 10.6. The third-order valence-electron chi connectivity index (χ3n) is 7.12. The van der Waals surface area contributed by atoms with Crippen LogP contribution in [0.25, 0.3) is 5.76 Å². The quantitative estimate of drug-likeness (QED) is 0.238. The normalized spacial score (nSPS) is 20.3. The molecule has 1 N–H and O–H groups in total. The SMILES string of the molecule is CCN(CC)CCCN1C(=O)C(=O)/C(=C(/O)c2ccc3c(c2)C[C@@H](C)O3)[C@@H]1c1ccc(C(=O)OC)cc1. The predicted molar refractivity (Wildman–Crippen MR) is 139 cm³/mol. The largest absolute Gasteiger partial charge is 0.507 e. The number of fused-ring (bicyclic) bond motifs is 1. The summed E-state index contributed by atoms with van der Waals surface area (Å²) in [6.07, 6.45) is 1.42. The topological polar surface area (TPSA) is 96.4 Å². The third kappa shape index (κ3) is 5.25. The van der Waals surface area contributed by atoms with E-state index in [0.29, 0.717) is 36.1 Å². The van der Waals surface area contributed by atoms with Gasteiger partial charge in [-0.3, -0.25) is 9.59 Å². The van der Waals surface area contributed by atoms with Gasteiger partial charge in [0, 0.05) is 18.5 Å². The van der Waals surface area contributed by atoms with Gasteiger partial charge in [-0.2, -0.15) is 0 Å². The van der Waals surface area contributed by atoms with Gasteiger partial charge in [0.05, 0.1) is 24.3 Å². The van der Waals surface area contributed by atoms with E-state index in [1.807, 2.05) is 13.0 Å². The molecular weight excluding hydrogens is 472 g/mol. The summed E-state index contributed by atoms with van der Waals surface area (Å²) >= 11 is 0. The van der Waals surface area contributed by atoms with Crippen LogP contribution in [0.15, 0.2) is 48.0 Å². The fourth-order valence-corrected chi connectivity index (χ4v) is 5.11. The minimum atomic E-state index is -0.771. The Hall–Kier alpha value is -3.65. The molecule has 2 aromatic rings. The minimum Gasteiger partial charge on any atom is -0.507 e. The van der Waals surface area contributed by atoms with Gasteiger partial charge in [0.25, 0.3) is 11.7 Å². The first-order chi connectivity index (χ1) is 17.8. The third-order valence-corrected chi connectivity index (χ3v) is 7.12. The number of likely N-dealkylation sites (tertiary alicyclic amines) is 1. The molecule has 196 valence electrons. The van der Waals surface area contributed by atoms with Gasteiger partial charge < -0.3 is 24.4 Å². The number of aliphatic hydroxyl groups is 1. The van der Waals surface area contributed by atoms with E-state index in [2.05, 4.69) is 18.7 Å². The van der Waals surface area contributed by atoms with Crippen LogP contribution < -0.4 is 4.74 Å². The van der Waals surface area contributed by atoms with Crippen LogP contribution in [0.5, 0.6) is 5.75 Å². The number of Topliss-reactive ketones (excluding diaryl/α,β-unsaturated/α-hetero) is 1. The maximum absolute atomic E-state index is 13.3. The number of hydrogen-bond donors (Lipinski definition) is 1. The lowest BCUT2D eigenvalue weighted by Crippen LogP contribution is -2.33. The van der Waals surface area contributed by atoms with Crippen LogP contribution in [-0.4, -0.2) is 72.0 Å². The number of carbonyl (C=O) groups excluding carboxylic acids is 3. The second-order valence-electron chi connectivity index (χ2n) is 9.44.